The van der Waals surface area contributed by atoms with Crippen LogP contribution in [0.3, 0.4) is 0 Å². The Kier molecular flexibility index (Phi) is 9.73. The molecule has 3 fully saturated rings. The fourth-order valence-corrected chi connectivity index (χ4v) is 6.40. The predicted molar refractivity (Wildman–Crippen MR) is 185 cm³/mol. The van der Waals surface area contributed by atoms with E-state index in [0.29, 0.717) is 41.6 Å². The Bertz CT molecular complexity index is 1680. The molecule has 0 radical (unpaired) electrons. The van der Waals surface area contributed by atoms with Gasteiger partial charge < -0.3 is 15.5 Å². The highest BCUT2D eigenvalue weighted by atomic mass is 19.1. The van der Waals surface area contributed by atoms with Crippen LogP contribution < -0.4 is 10.6 Å². The molecule has 2 amide bonds. The third-order valence-corrected chi connectivity index (χ3v) is 9.87. The van der Waals surface area contributed by atoms with Crippen molar-refractivity contribution in [2.24, 2.45) is 21.0 Å². The van der Waals surface area contributed by atoms with Gasteiger partial charge in [-0.1, -0.05) is 47.7 Å². The van der Waals surface area contributed by atoms with Crippen LogP contribution in [0.5, 0.6) is 0 Å². The number of anilines is 2. The van der Waals surface area contributed by atoms with Crippen molar-refractivity contribution in [3.8, 4) is 0 Å². The van der Waals surface area contributed by atoms with Gasteiger partial charge in [-0.2, -0.15) is 4.91 Å². The number of nitrogens with one attached hydrogen (secondary N) is 2. The molecule has 1 atom stereocenters. The van der Waals surface area contributed by atoms with E-state index in [4.69, 9.17) is 0 Å². The van der Waals surface area contributed by atoms with Crippen LogP contribution >= 0.6 is 0 Å². The number of para-hydroxylation sites is 1. The van der Waals surface area contributed by atoms with Gasteiger partial charge in [0.15, 0.2) is 0 Å². The van der Waals surface area contributed by atoms with E-state index in [-0.39, 0.29) is 11.9 Å². The standard InChI is InChI=1S/C38H42FN5O3/c1-27-10-11-28(12-14-32(43-47)25-44-22-20-37(26-44)16-17-37)23-34(27)40-21-6-5-7-29-13-15-31(24-33(29)39)42-36(46)38(18-19-38)35(45)41-30-8-3-2-4-9-30/h2-6,8-11,13,15,21,23-24,32H,7,12,14,16-20,22,25-26H2,1H3,(H,41,45)(H,42,46)/b6-5+,40-21?. The van der Waals surface area contributed by atoms with E-state index in [2.05, 4.69) is 37.8 Å². The molecule has 0 bridgehead atoms. The number of carbonyl (C=O) groups excluding carboxylic acids is 2. The van der Waals surface area contributed by atoms with Crippen LogP contribution in [0.2, 0.25) is 0 Å². The van der Waals surface area contributed by atoms with Crippen molar-refractivity contribution in [3.05, 3.63) is 106 Å². The Labute approximate surface area is 275 Å². The van der Waals surface area contributed by atoms with Gasteiger partial charge in [0.05, 0.1) is 5.69 Å². The van der Waals surface area contributed by atoms with Gasteiger partial charge in [0.2, 0.25) is 11.8 Å². The number of rotatable bonds is 14. The van der Waals surface area contributed by atoms with Crippen molar-refractivity contribution in [1.29, 1.82) is 0 Å². The van der Waals surface area contributed by atoms with Crippen molar-refractivity contribution >= 4 is 35.1 Å². The number of amides is 2. The molecule has 3 aromatic rings. The topological polar surface area (TPSA) is 103 Å². The van der Waals surface area contributed by atoms with E-state index in [0.717, 1.165) is 49.3 Å². The predicted octanol–water partition coefficient (Wildman–Crippen LogP) is 7.55. The Morgan fingerprint density at radius 2 is 1.72 bits per heavy atom. The average Bonchev–Trinajstić information content (AvgIpc) is 3.99. The van der Waals surface area contributed by atoms with Crippen LogP contribution in [-0.2, 0) is 22.4 Å². The molecule has 244 valence electrons. The largest absolute Gasteiger partial charge is 0.325 e. The van der Waals surface area contributed by atoms with E-state index >= 15 is 0 Å². The first-order chi connectivity index (χ1) is 22.8. The van der Waals surface area contributed by atoms with Crippen LogP contribution in [0, 0.1) is 28.5 Å². The highest BCUT2D eigenvalue weighted by Crippen LogP contribution is 2.52. The zero-order valence-electron chi connectivity index (χ0n) is 26.9. The summed E-state index contributed by atoms with van der Waals surface area (Å²) in [5, 5.41) is 8.96. The second kappa shape index (κ2) is 14.1. The molecular weight excluding hydrogens is 593 g/mol. The number of likely N-dealkylation sites (tertiary alicyclic amines) is 1. The SMILES string of the molecule is Cc1ccc(CCC(CN2CCC3(CC3)C2)N=O)cc1N=C/C=C/Cc1ccc(NC(=O)C2(C(=O)Nc3ccccc3)CC2)cc1F. The van der Waals surface area contributed by atoms with Crippen molar-refractivity contribution in [3.63, 3.8) is 0 Å². The van der Waals surface area contributed by atoms with Gasteiger partial charge in [0, 0.05) is 30.7 Å². The van der Waals surface area contributed by atoms with Crippen LogP contribution in [0.1, 0.15) is 55.2 Å². The Morgan fingerprint density at radius 1 is 0.957 bits per heavy atom. The third-order valence-electron chi connectivity index (χ3n) is 9.87. The minimum Gasteiger partial charge on any atom is -0.325 e. The molecule has 1 spiro atoms. The number of nitroso groups, excluding NO2 is 1. The minimum atomic E-state index is -1.13. The molecule has 9 heteroatoms. The first-order valence-corrected chi connectivity index (χ1v) is 16.6. The summed E-state index contributed by atoms with van der Waals surface area (Å²) in [5.74, 6) is -1.22. The van der Waals surface area contributed by atoms with Gasteiger partial charge in [-0.25, -0.2) is 4.39 Å². The number of carbonyl (C=O) groups is 2. The van der Waals surface area contributed by atoms with Gasteiger partial charge in [0.25, 0.3) is 0 Å². The lowest BCUT2D eigenvalue weighted by atomic mass is 10.0. The molecular formula is C38H42FN5O3. The molecule has 0 aromatic heterocycles. The molecule has 3 aliphatic rings. The van der Waals surface area contributed by atoms with Gasteiger partial charge >= 0.3 is 0 Å². The summed E-state index contributed by atoms with van der Waals surface area (Å²) >= 11 is 0. The lowest BCUT2D eigenvalue weighted by Crippen LogP contribution is -2.35. The van der Waals surface area contributed by atoms with E-state index in [1.807, 2.05) is 37.3 Å². The van der Waals surface area contributed by atoms with Crippen molar-refractivity contribution < 1.29 is 14.0 Å². The highest BCUT2D eigenvalue weighted by Gasteiger charge is 2.56. The minimum absolute atomic E-state index is 0.202. The van der Waals surface area contributed by atoms with Crippen molar-refractivity contribution in [2.45, 2.75) is 64.3 Å². The number of nitrogens with zero attached hydrogens (tertiary/aromatic N) is 3. The summed E-state index contributed by atoms with van der Waals surface area (Å²) in [4.78, 5) is 44.3. The first kappa shape index (κ1) is 32.4. The maximum Gasteiger partial charge on any atom is 0.240 e. The molecule has 2 N–H and O–H groups in total. The highest BCUT2D eigenvalue weighted by molar-refractivity contribution is 6.16. The zero-order valence-corrected chi connectivity index (χ0v) is 26.9. The second-order valence-corrected chi connectivity index (χ2v) is 13.5. The molecule has 1 saturated heterocycles. The summed E-state index contributed by atoms with van der Waals surface area (Å²) in [5.41, 5.74) is 3.87. The molecule has 1 aliphatic heterocycles. The molecule has 8 nitrogen and oxygen atoms in total. The Hall–Kier alpha value is -4.50. The molecule has 2 aliphatic carbocycles. The van der Waals surface area contributed by atoms with E-state index in [1.54, 1.807) is 36.6 Å². The Morgan fingerprint density at radius 3 is 2.40 bits per heavy atom. The van der Waals surface area contributed by atoms with Gasteiger partial charge in [-0.05, 0) is 123 Å². The molecule has 1 heterocycles. The fourth-order valence-electron chi connectivity index (χ4n) is 6.40. The molecule has 1 unspecified atom stereocenters. The van der Waals surface area contributed by atoms with Crippen LogP contribution in [0.25, 0.3) is 0 Å². The number of aliphatic imine (C=N–C) groups is 1. The number of benzene rings is 3. The van der Waals surface area contributed by atoms with E-state index in [1.165, 1.54) is 25.3 Å². The quantitative estimate of drug-likeness (QED) is 0.108. The maximum atomic E-state index is 14.9. The van der Waals surface area contributed by atoms with Gasteiger partial charge in [-0.3, -0.25) is 14.6 Å². The summed E-state index contributed by atoms with van der Waals surface area (Å²) in [6.07, 6.45) is 12.0. The molecule has 2 saturated carbocycles. The summed E-state index contributed by atoms with van der Waals surface area (Å²) < 4.78 is 14.9. The van der Waals surface area contributed by atoms with Crippen molar-refractivity contribution in [2.75, 3.05) is 30.3 Å². The van der Waals surface area contributed by atoms with Crippen LogP contribution in [0.4, 0.5) is 21.5 Å². The van der Waals surface area contributed by atoms with Crippen LogP contribution in [-0.4, -0.2) is 48.6 Å². The summed E-state index contributed by atoms with van der Waals surface area (Å²) in [6.45, 7) is 4.95. The molecule has 6 rings (SSSR count). The monoisotopic (exact) mass is 635 g/mol. The van der Waals surface area contributed by atoms with E-state index < -0.39 is 17.1 Å². The number of hydrogen-bond donors (Lipinski definition) is 2. The summed E-state index contributed by atoms with van der Waals surface area (Å²) in [7, 11) is 0. The third kappa shape index (κ3) is 8.08. The van der Waals surface area contributed by atoms with Crippen LogP contribution in [0.15, 0.2) is 89.1 Å². The number of allylic oxidation sites excluding steroid dienone is 2. The fraction of sp³-hybridized carbons (Fsp3) is 0.395. The smallest absolute Gasteiger partial charge is 0.240 e. The second-order valence-electron chi connectivity index (χ2n) is 13.5. The van der Waals surface area contributed by atoms with E-state index in [9.17, 15) is 18.9 Å². The first-order valence-electron chi connectivity index (χ1n) is 16.6. The number of hydrogen-bond acceptors (Lipinski definition) is 6. The lowest BCUT2D eigenvalue weighted by molar-refractivity contribution is -0.131. The maximum absolute atomic E-state index is 14.9. The average molecular weight is 636 g/mol. The molecule has 47 heavy (non-hydrogen) atoms. The Balaban J connectivity index is 0.974. The zero-order chi connectivity index (χ0) is 32.9. The van der Waals surface area contributed by atoms with Gasteiger partial charge in [-0.15, -0.1) is 0 Å². The number of aryl methyl sites for hydroxylation is 2. The molecule has 3 aromatic carbocycles. The van der Waals surface area contributed by atoms with Gasteiger partial charge in [0.1, 0.15) is 17.3 Å². The normalized spacial score (nSPS) is 18.4. The lowest BCUT2D eigenvalue weighted by Gasteiger charge is -2.19. The number of halogens is 1. The van der Waals surface area contributed by atoms with Crippen molar-refractivity contribution in [1.82, 2.24) is 4.90 Å². The summed E-state index contributed by atoms with van der Waals surface area (Å²) in [6, 6.07) is 19.6.